The van der Waals surface area contributed by atoms with Gasteiger partial charge in [0.25, 0.3) is 6.43 Å². The first-order valence-electron chi connectivity index (χ1n) is 14.9. The van der Waals surface area contributed by atoms with Crippen molar-refractivity contribution in [1.29, 1.82) is 0 Å². The van der Waals surface area contributed by atoms with Gasteiger partial charge in [-0.15, -0.1) is 0 Å². The topological polar surface area (TPSA) is 84.7 Å². The highest BCUT2D eigenvalue weighted by Crippen LogP contribution is 2.40. The van der Waals surface area contributed by atoms with Gasteiger partial charge >= 0.3 is 12.1 Å². The summed E-state index contributed by atoms with van der Waals surface area (Å²) in [4.78, 5) is 30.1. The fraction of sp³-hybridized carbons (Fsp3) is 0.324. The number of carboxylic acid groups (broad SMARTS) is 1. The highest BCUT2D eigenvalue weighted by atomic mass is 19.4. The van der Waals surface area contributed by atoms with Crippen LogP contribution in [0.2, 0.25) is 0 Å². The van der Waals surface area contributed by atoms with Crippen LogP contribution in [0.1, 0.15) is 70.8 Å². The van der Waals surface area contributed by atoms with Crippen molar-refractivity contribution in [2.75, 3.05) is 13.1 Å². The Labute approximate surface area is 261 Å². The molecule has 0 unspecified atom stereocenters. The molecule has 1 saturated carbocycles. The van der Waals surface area contributed by atoms with Crippen LogP contribution in [0.4, 0.5) is 22.0 Å². The molecule has 12 heteroatoms. The van der Waals surface area contributed by atoms with E-state index in [4.69, 9.17) is 4.74 Å². The van der Waals surface area contributed by atoms with Crippen LogP contribution >= 0.6 is 0 Å². The third-order valence-corrected chi connectivity index (χ3v) is 8.49. The summed E-state index contributed by atoms with van der Waals surface area (Å²) < 4.78 is 76.4. The molecule has 0 bridgehead atoms. The van der Waals surface area contributed by atoms with Gasteiger partial charge in [-0.1, -0.05) is 36.4 Å². The van der Waals surface area contributed by atoms with Crippen molar-refractivity contribution < 1.29 is 41.4 Å². The molecule has 2 aromatic carbocycles. The van der Waals surface area contributed by atoms with E-state index in [1.807, 2.05) is 29.2 Å². The Morgan fingerprint density at radius 1 is 0.935 bits per heavy atom. The van der Waals surface area contributed by atoms with E-state index in [-0.39, 0.29) is 41.3 Å². The van der Waals surface area contributed by atoms with Gasteiger partial charge in [0.05, 0.1) is 16.8 Å². The van der Waals surface area contributed by atoms with E-state index in [2.05, 4.69) is 4.98 Å². The van der Waals surface area contributed by atoms with Gasteiger partial charge in [-0.2, -0.15) is 13.2 Å². The average molecular weight is 640 g/mol. The van der Waals surface area contributed by atoms with Crippen molar-refractivity contribution in [1.82, 2.24) is 14.5 Å². The number of carbonyl (C=O) groups is 2. The van der Waals surface area contributed by atoms with Crippen LogP contribution in [-0.2, 0) is 17.6 Å². The Morgan fingerprint density at radius 2 is 1.63 bits per heavy atom. The lowest BCUT2D eigenvalue weighted by atomic mass is 9.89. The summed E-state index contributed by atoms with van der Waals surface area (Å²) in [7, 11) is 0. The molecule has 2 aliphatic rings. The molecule has 240 valence electrons. The highest BCUT2D eigenvalue weighted by molar-refractivity contribution is 5.89. The van der Waals surface area contributed by atoms with Crippen LogP contribution in [0, 0.1) is 5.92 Å². The molecule has 1 aliphatic heterocycles. The number of aromatic nitrogens is 2. The zero-order valence-electron chi connectivity index (χ0n) is 24.5. The van der Waals surface area contributed by atoms with Crippen molar-refractivity contribution in [2.45, 2.75) is 50.8 Å². The van der Waals surface area contributed by atoms with Gasteiger partial charge in [0, 0.05) is 30.8 Å². The first-order chi connectivity index (χ1) is 22.0. The number of nitrogens with zero attached hydrogens (tertiary/aromatic N) is 3. The Bertz CT molecular complexity index is 1740. The van der Waals surface area contributed by atoms with E-state index in [1.54, 1.807) is 0 Å². The van der Waals surface area contributed by atoms with Gasteiger partial charge in [0.1, 0.15) is 23.9 Å². The summed E-state index contributed by atoms with van der Waals surface area (Å²) in [6.07, 6.45) is -3.24. The number of aromatic carboxylic acids is 1. The number of hydrogen-bond acceptors (Lipinski definition) is 4. The maximum atomic E-state index is 14.1. The second-order valence-electron chi connectivity index (χ2n) is 11.6. The first kappa shape index (κ1) is 31.3. The maximum Gasteiger partial charge on any atom is 0.432 e. The SMILES string of the molecule is O=C(O)c1ccn(-c2cccc(-c3cccc(C(F)F)c3OCc3ccc(C4CCN(C(=O)C5CC5)CC4)cc3)n2)c1C(F)(F)F. The van der Waals surface area contributed by atoms with Crippen LogP contribution < -0.4 is 4.74 Å². The minimum Gasteiger partial charge on any atom is -0.488 e. The van der Waals surface area contributed by atoms with Crippen molar-refractivity contribution in [3.05, 3.63) is 101 Å². The van der Waals surface area contributed by atoms with Crippen molar-refractivity contribution in [3.63, 3.8) is 0 Å². The molecule has 7 nitrogen and oxygen atoms in total. The predicted octanol–water partition coefficient (Wildman–Crippen LogP) is 7.89. The lowest BCUT2D eigenvalue weighted by Crippen LogP contribution is -2.38. The summed E-state index contributed by atoms with van der Waals surface area (Å²) in [6, 6.07) is 16.7. The summed E-state index contributed by atoms with van der Waals surface area (Å²) in [6.45, 7) is 1.41. The van der Waals surface area contributed by atoms with Crippen LogP contribution in [0.5, 0.6) is 5.75 Å². The standard InChI is InChI=1S/C34H30F5N3O4/c35-31(36)25-4-1-3-24(27-5-2-6-28(40-27)42-18-15-26(33(44)45)30(42)34(37,38)39)29(25)46-19-20-7-9-21(10-8-20)22-13-16-41(17-14-22)32(43)23-11-12-23/h1-10,15,18,22-23,31H,11-14,16-17,19H2,(H,44,45). The number of carboxylic acids is 1. The van der Waals surface area contributed by atoms with E-state index in [0.29, 0.717) is 10.5 Å². The zero-order valence-corrected chi connectivity index (χ0v) is 24.5. The third kappa shape index (κ3) is 6.47. The molecule has 3 heterocycles. The molecule has 1 saturated heterocycles. The quantitative estimate of drug-likeness (QED) is 0.188. The van der Waals surface area contributed by atoms with E-state index in [9.17, 15) is 36.6 Å². The largest absolute Gasteiger partial charge is 0.488 e. The third-order valence-electron chi connectivity index (χ3n) is 8.49. The van der Waals surface area contributed by atoms with Crippen molar-refractivity contribution in [2.24, 2.45) is 5.92 Å². The number of likely N-dealkylation sites (tertiary alicyclic amines) is 1. The monoisotopic (exact) mass is 639 g/mol. The highest BCUT2D eigenvalue weighted by Gasteiger charge is 2.40. The van der Waals surface area contributed by atoms with Gasteiger partial charge in [-0.3, -0.25) is 9.36 Å². The molecular formula is C34H30F5N3O4. The van der Waals surface area contributed by atoms with E-state index in [0.717, 1.165) is 62.2 Å². The number of benzene rings is 2. The lowest BCUT2D eigenvalue weighted by molar-refractivity contribution is -0.142. The van der Waals surface area contributed by atoms with E-state index in [1.165, 1.54) is 36.4 Å². The lowest BCUT2D eigenvalue weighted by Gasteiger charge is -2.32. The summed E-state index contributed by atoms with van der Waals surface area (Å²) >= 11 is 0. The molecule has 0 spiro atoms. The number of alkyl halides is 5. The Morgan fingerprint density at radius 3 is 2.26 bits per heavy atom. The second kappa shape index (κ2) is 12.6. The molecule has 4 aromatic rings. The Balaban J connectivity index is 1.22. The molecule has 0 atom stereocenters. The normalized spacial score (nSPS) is 15.7. The van der Waals surface area contributed by atoms with Crippen molar-refractivity contribution in [3.8, 4) is 22.8 Å². The number of ether oxygens (including phenoxy) is 1. The maximum absolute atomic E-state index is 14.1. The molecule has 1 amide bonds. The first-order valence-corrected chi connectivity index (χ1v) is 14.9. The minimum absolute atomic E-state index is 0.0527. The number of para-hydroxylation sites is 1. The predicted molar refractivity (Wildman–Crippen MR) is 158 cm³/mol. The van der Waals surface area contributed by atoms with Gasteiger partial charge in [0.15, 0.2) is 0 Å². The zero-order chi connectivity index (χ0) is 32.6. The molecule has 2 aromatic heterocycles. The number of carbonyl (C=O) groups excluding carboxylic acids is 1. The summed E-state index contributed by atoms with van der Waals surface area (Å²) in [5, 5.41) is 9.29. The summed E-state index contributed by atoms with van der Waals surface area (Å²) in [5.74, 6) is -1.37. The number of piperidine rings is 1. The number of rotatable bonds is 9. The summed E-state index contributed by atoms with van der Waals surface area (Å²) in [5.41, 5.74) is -0.694. The van der Waals surface area contributed by atoms with Crippen LogP contribution in [0.25, 0.3) is 17.1 Å². The minimum atomic E-state index is -5.00. The molecule has 46 heavy (non-hydrogen) atoms. The smallest absolute Gasteiger partial charge is 0.432 e. The average Bonchev–Trinajstić information content (AvgIpc) is 3.79. The molecule has 1 aliphatic carbocycles. The molecule has 6 rings (SSSR count). The van der Waals surface area contributed by atoms with Gasteiger partial charge in [-0.05, 0) is 73.1 Å². The molecule has 1 N–H and O–H groups in total. The number of amides is 1. The molecule has 0 radical (unpaired) electrons. The van der Waals surface area contributed by atoms with Gasteiger partial charge in [0.2, 0.25) is 5.91 Å². The van der Waals surface area contributed by atoms with Crippen LogP contribution in [0.3, 0.4) is 0 Å². The van der Waals surface area contributed by atoms with Crippen LogP contribution in [0.15, 0.2) is 72.9 Å². The number of pyridine rings is 1. The van der Waals surface area contributed by atoms with Crippen LogP contribution in [-0.4, -0.2) is 44.5 Å². The van der Waals surface area contributed by atoms with E-state index >= 15 is 0 Å². The molecular weight excluding hydrogens is 609 g/mol. The van der Waals surface area contributed by atoms with Crippen molar-refractivity contribution >= 4 is 11.9 Å². The van der Waals surface area contributed by atoms with E-state index < -0.39 is 35.4 Å². The van der Waals surface area contributed by atoms with Gasteiger partial charge in [-0.25, -0.2) is 18.6 Å². The fourth-order valence-corrected chi connectivity index (χ4v) is 5.95. The van der Waals surface area contributed by atoms with Gasteiger partial charge < -0.3 is 14.7 Å². The Hall–Kier alpha value is -4.74. The Kier molecular flexibility index (Phi) is 8.54. The molecule has 2 fully saturated rings. The number of halogens is 5. The number of hydrogen-bond donors (Lipinski definition) is 1. The second-order valence-corrected chi connectivity index (χ2v) is 11.6. The fourth-order valence-electron chi connectivity index (χ4n) is 5.95.